The molecule has 1 fully saturated rings. The predicted molar refractivity (Wildman–Crippen MR) is 62.4 cm³/mol. The number of hydrogen-bond acceptors (Lipinski definition) is 4. The van der Waals surface area contributed by atoms with Crippen molar-refractivity contribution in [2.75, 3.05) is 11.5 Å². The van der Waals surface area contributed by atoms with Gasteiger partial charge in [0.1, 0.15) is 6.04 Å². The van der Waals surface area contributed by atoms with Crippen molar-refractivity contribution < 1.29 is 18.3 Å². The van der Waals surface area contributed by atoms with E-state index >= 15 is 0 Å². The molecule has 0 saturated carbocycles. The molecule has 1 saturated heterocycles. The van der Waals surface area contributed by atoms with Crippen LogP contribution in [0.15, 0.2) is 30.3 Å². The van der Waals surface area contributed by atoms with Gasteiger partial charge in [-0.25, -0.2) is 8.42 Å². The van der Waals surface area contributed by atoms with Gasteiger partial charge < -0.3 is 5.11 Å². The standard InChI is InChI=1S/C11H13NO4S/c13-11(14)10-7-17(15,16)6-9(12-10)8-4-2-1-3-5-8/h1-5,9-10,12H,6-7H2,(H,13,14). The van der Waals surface area contributed by atoms with E-state index in [-0.39, 0.29) is 11.5 Å². The van der Waals surface area contributed by atoms with Crippen LogP contribution in [0.2, 0.25) is 0 Å². The lowest BCUT2D eigenvalue weighted by Gasteiger charge is -2.28. The molecule has 2 rings (SSSR count). The van der Waals surface area contributed by atoms with Gasteiger partial charge in [-0.15, -0.1) is 0 Å². The number of carboxylic acid groups (broad SMARTS) is 1. The highest BCUT2D eigenvalue weighted by atomic mass is 32.2. The molecule has 1 heterocycles. The molecule has 0 aliphatic carbocycles. The van der Waals surface area contributed by atoms with Gasteiger partial charge in [-0.2, -0.15) is 0 Å². The van der Waals surface area contributed by atoms with E-state index in [0.717, 1.165) is 5.56 Å². The van der Waals surface area contributed by atoms with E-state index in [0.29, 0.717) is 0 Å². The topological polar surface area (TPSA) is 83.5 Å². The van der Waals surface area contributed by atoms with Gasteiger partial charge in [-0.05, 0) is 5.56 Å². The first-order valence-electron chi connectivity index (χ1n) is 5.22. The van der Waals surface area contributed by atoms with Crippen LogP contribution in [0.4, 0.5) is 0 Å². The SMILES string of the molecule is O=C(O)C1CS(=O)(=O)CC(c2ccccc2)N1. The van der Waals surface area contributed by atoms with Crippen LogP contribution in [0.1, 0.15) is 11.6 Å². The molecule has 0 spiro atoms. The van der Waals surface area contributed by atoms with Gasteiger partial charge >= 0.3 is 5.97 Å². The second-order valence-electron chi connectivity index (χ2n) is 4.10. The van der Waals surface area contributed by atoms with Gasteiger partial charge in [0, 0.05) is 6.04 Å². The van der Waals surface area contributed by atoms with Gasteiger partial charge in [0.2, 0.25) is 0 Å². The van der Waals surface area contributed by atoms with E-state index in [9.17, 15) is 13.2 Å². The molecule has 1 aromatic rings. The molecule has 2 N–H and O–H groups in total. The normalized spacial score (nSPS) is 27.5. The van der Waals surface area contributed by atoms with Crippen LogP contribution < -0.4 is 5.32 Å². The van der Waals surface area contributed by atoms with Crippen molar-refractivity contribution in [3.05, 3.63) is 35.9 Å². The summed E-state index contributed by atoms with van der Waals surface area (Å²) in [5.41, 5.74) is 0.794. The molecular weight excluding hydrogens is 242 g/mol. The van der Waals surface area contributed by atoms with E-state index in [2.05, 4.69) is 5.32 Å². The number of benzene rings is 1. The van der Waals surface area contributed by atoms with Crippen LogP contribution in [0.3, 0.4) is 0 Å². The molecule has 0 bridgehead atoms. The lowest BCUT2D eigenvalue weighted by molar-refractivity contribution is -0.139. The summed E-state index contributed by atoms with van der Waals surface area (Å²) in [6, 6.07) is 7.53. The molecule has 1 aromatic carbocycles. The summed E-state index contributed by atoms with van der Waals surface area (Å²) in [6.07, 6.45) is 0. The molecule has 1 aliphatic heterocycles. The second kappa shape index (κ2) is 4.46. The fourth-order valence-corrected chi connectivity index (χ4v) is 3.61. The van der Waals surface area contributed by atoms with Gasteiger partial charge in [0.05, 0.1) is 11.5 Å². The average molecular weight is 255 g/mol. The summed E-state index contributed by atoms with van der Waals surface area (Å²) >= 11 is 0. The minimum atomic E-state index is -3.32. The van der Waals surface area contributed by atoms with Crippen molar-refractivity contribution >= 4 is 15.8 Å². The number of sulfone groups is 1. The van der Waals surface area contributed by atoms with Crippen molar-refractivity contribution in [1.82, 2.24) is 5.32 Å². The summed E-state index contributed by atoms with van der Waals surface area (Å²) in [5, 5.41) is 11.8. The maximum absolute atomic E-state index is 11.6. The summed E-state index contributed by atoms with van der Waals surface area (Å²) in [4.78, 5) is 10.9. The molecule has 6 heteroatoms. The molecule has 1 aliphatic rings. The Balaban J connectivity index is 2.27. The lowest BCUT2D eigenvalue weighted by Crippen LogP contribution is -2.51. The minimum absolute atomic E-state index is 0.0548. The molecular formula is C11H13NO4S. The van der Waals surface area contributed by atoms with Gasteiger partial charge in [-0.1, -0.05) is 30.3 Å². The zero-order valence-electron chi connectivity index (χ0n) is 9.04. The molecule has 92 valence electrons. The van der Waals surface area contributed by atoms with Crippen molar-refractivity contribution in [2.24, 2.45) is 0 Å². The first-order valence-corrected chi connectivity index (χ1v) is 7.04. The zero-order valence-corrected chi connectivity index (χ0v) is 9.85. The fourth-order valence-electron chi connectivity index (χ4n) is 1.94. The third kappa shape index (κ3) is 2.83. The Hall–Kier alpha value is -1.40. The highest BCUT2D eigenvalue weighted by Gasteiger charge is 2.35. The molecule has 0 radical (unpaired) electrons. The maximum atomic E-state index is 11.6. The van der Waals surface area contributed by atoms with Crippen LogP contribution in [0.5, 0.6) is 0 Å². The van der Waals surface area contributed by atoms with Crippen molar-refractivity contribution in [3.8, 4) is 0 Å². The smallest absolute Gasteiger partial charge is 0.321 e. The Bertz CT molecular complexity index is 512. The second-order valence-corrected chi connectivity index (χ2v) is 6.25. The third-order valence-electron chi connectivity index (χ3n) is 2.74. The Morgan fingerprint density at radius 3 is 2.47 bits per heavy atom. The van der Waals surface area contributed by atoms with E-state index in [4.69, 9.17) is 5.11 Å². The number of carboxylic acids is 1. The van der Waals surface area contributed by atoms with Crippen LogP contribution in [-0.4, -0.2) is 37.0 Å². The minimum Gasteiger partial charge on any atom is -0.480 e. The molecule has 2 unspecified atom stereocenters. The summed E-state index contributed by atoms with van der Waals surface area (Å²) in [6.45, 7) is 0. The number of hydrogen-bond donors (Lipinski definition) is 2. The van der Waals surface area contributed by atoms with Crippen LogP contribution in [0, 0.1) is 0 Å². The Morgan fingerprint density at radius 1 is 1.24 bits per heavy atom. The average Bonchev–Trinajstić information content (AvgIpc) is 2.28. The highest BCUT2D eigenvalue weighted by Crippen LogP contribution is 2.20. The molecule has 0 amide bonds. The van der Waals surface area contributed by atoms with Crippen LogP contribution in [-0.2, 0) is 14.6 Å². The Morgan fingerprint density at radius 2 is 1.88 bits per heavy atom. The number of carbonyl (C=O) groups is 1. The zero-order chi connectivity index (χ0) is 12.5. The van der Waals surface area contributed by atoms with Gasteiger partial charge in [0.25, 0.3) is 0 Å². The van der Waals surface area contributed by atoms with E-state index in [1.165, 1.54) is 0 Å². The highest BCUT2D eigenvalue weighted by molar-refractivity contribution is 7.91. The van der Waals surface area contributed by atoms with Crippen molar-refractivity contribution in [1.29, 1.82) is 0 Å². The summed E-state index contributed by atoms with van der Waals surface area (Å²) in [7, 11) is -3.32. The fraction of sp³-hybridized carbons (Fsp3) is 0.364. The maximum Gasteiger partial charge on any atom is 0.321 e. The molecule has 2 atom stereocenters. The number of nitrogens with one attached hydrogen (secondary N) is 1. The largest absolute Gasteiger partial charge is 0.480 e. The van der Waals surface area contributed by atoms with Gasteiger partial charge in [0.15, 0.2) is 9.84 Å². The molecule has 17 heavy (non-hydrogen) atoms. The van der Waals surface area contributed by atoms with Gasteiger partial charge in [-0.3, -0.25) is 10.1 Å². The summed E-state index contributed by atoms with van der Waals surface area (Å²) < 4.78 is 23.3. The number of aliphatic carboxylic acids is 1. The third-order valence-corrected chi connectivity index (χ3v) is 4.43. The Kier molecular flexibility index (Phi) is 3.17. The molecule has 0 aromatic heterocycles. The van der Waals surface area contributed by atoms with Crippen LogP contribution >= 0.6 is 0 Å². The predicted octanol–water partition coefficient (Wildman–Crippen LogP) is 0.199. The lowest BCUT2D eigenvalue weighted by atomic mass is 10.1. The quantitative estimate of drug-likeness (QED) is 0.788. The van der Waals surface area contributed by atoms with E-state index in [1.807, 2.05) is 6.07 Å². The van der Waals surface area contributed by atoms with Crippen molar-refractivity contribution in [2.45, 2.75) is 12.1 Å². The number of rotatable bonds is 2. The molecule has 5 nitrogen and oxygen atoms in total. The Labute approximate surface area is 99.4 Å². The van der Waals surface area contributed by atoms with Crippen LogP contribution in [0.25, 0.3) is 0 Å². The van der Waals surface area contributed by atoms with E-state index < -0.39 is 27.9 Å². The first-order chi connectivity index (χ1) is 7.98. The monoisotopic (exact) mass is 255 g/mol. The van der Waals surface area contributed by atoms with Crippen molar-refractivity contribution in [3.63, 3.8) is 0 Å². The summed E-state index contributed by atoms with van der Waals surface area (Å²) in [5.74, 6) is -1.53. The first kappa shape index (κ1) is 12.1. The van der Waals surface area contributed by atoms with E-state index in [1.54, 1.807) is 24.3 Å².